The van der Waals surface area contributed by atoms with Crippen LogP contribution < -0.4 is 5.32 Å². The first-order valence-corrected chi connectivity index (χ1v) is 8.14. The van der Waals surface area contributed by atoms with Crippen LogP contribution in [0.5, 0.6) is 0 Å². The predicted octanol–water partition coefficient (Wildman–Crippen LogP) is 2.38. The molecular weight excluding hydrogens is 288 g/mol. The molecule has 21 heavy (non-hydrogen) atoms. The lowest BCUT2D eigenvalue weighted by atomic mass is 10.1. The van der Waals surface area contributed by atoms with Crippen molar-refractivity contribution in [1.82, 2.24) is 9.62 Å². The molecule has 1 aromatic carbocycles. The molecule has 1 aromatic heterocycles. The van der Waals surface area contributed by atoms with Gasteiger partial charge in [-0.15, -0.1) is 0 Å². The van der Waals surface area contributed by atoms with Crippen LogP contribution in [0, 0.1) is 0 Å². The van der Waals surface area contributed by atoms with Gasteiger partial charge in [0.05, 0.1) is 17.4 Å². The Morgan fingerprint density at radius 3 is 2.71 bits per heavy atom. The smallest absolute Gasteiger partial charge is 0.243 e. The number of benzene rings is 1. The Morgan fingerprint density at radius 2 is 2.10 bits per heavy atom. The van der Waals surface area contributed by atoms with Gasteiger partial charge in [0.1, 0.15) is 0 Å². The van der Waals surface area contributed by atoms with Crippen LogP contribution in [0.15, 0.2) is 52.2 Å². The van der Waals surface area contributed by atoms with Gasteiger partial charge in [-0.3, -0.25) is 0 Å². The number of hydrogen-bond donors (Lipinski definition) is 1. The van der Waals surface area contributed by atoms with Crippen LogP contribution in [0.4, 0.5) is 0 Å². The third-order valence-corrected chi connectivity index (χ3v) is 5.28. The number of nitrogens with one attached hydrogen (secondary N) is 1. The van der Waals surface area contributed by atoms with Crippen LogP contribution >= 0.6 is 0 Å². The van der Waals surface area contributed by atoms with Crippen LogP contribution in [-0.4, -0.2) is 26.8 Å². The fourth-order valence-electron chi connectivity index (χ4n) is 2.02. The minimum atomic E-state index is -3.52. The highest BCUT2D eigenvalue weighted by atomic mass is 32.2. The summed E-state index contributed by atoms with van der Waals surface area (Å²) in [6, 6.07) is 8.86. The Bertz CT molecular complexity index is 681. The van der Waals surface area contributed by atoms with Gasteiger partial charge in [0.2, 0.25) is 10.0 Å². The van der Waals surface area contributed by atoms with E-state index in [0.29, 0.717) is 4.90 Å². The molecule has 0 aliphatic rings. The molecule has 1 atom stereocenters. The third kappa shape index (κ3) is 3.53. The van der Waals surface area contributed by atoms with Crippen molar-refractivity contribution in [2.45, 2.75) is 24.4 Å². The first kappa shape index (κ1) is 15.8. The first-order valence-electron chi connectivity index (χ1n) is 6.70. The average Bonchev–Trinajstić information content (AvgIpc) is 2.99. The summed E-state index contributed by atoms with van der Waals surface area (Å²) in [7, 11) is -0.105. The van der Waals surface area contributed by atoms with Crippen molar-refractivity contribution in [2.24, 2.45) is 0 Å². The molecule has 1 heterocycles. The van der Waals surface area contributed by atoms with Crippen LogP contribution in [0.3, 0.4) is 0 Å². The summed E-state index contributed by atoms with van der Waals surface area (Å²) in [6.07, 6.45) is 3.08. The Kier molecular flexibility index (Phi) is 4.82. The fourth-order valence-corrected chi connectivity index (χ4v) is 3.23. The molecular formula is C15H20N2O3S. The predicted molar refractivity (Wildman–Crippen MR) is 81.3 cm³/mol. The van der Waals surface area contributed by atoms with Gasteiger partial charge in [-0.1, -0.05) is 12.1 Å². The maximum absolute atomic E-state index is 12.6. The van der Waals surface area contributed by atoms with E-state index in [-0.39, 0.29) is 12.6 Å². The third-order valence-electron chi connectivity index (χ3n) is 3.48. The van der Waals surface area contributed by atoms with Crippen molar-refractivity contribution in [1.29, 1.82) is 0 Å². The van der Waals surface area contributed by atoms with E-state index >= 15 is 0 Å². The van der Waals surface area contributed by atoms with Crippen molar-refractivity contribution >= 4 is 10.0 Å². The van der Waals surface area contributed by atoms with E-state index in [9.17, 15) is 8.42 Å². The Morgan fingerprint density at radius 1 is 1.33 bits per heavy atom. The largest absolute Gasteiger partial charge is 0.472 e. The maximum Gasteiger partial charge on any atom is 0.243 e. The highest BCUT2D eigenvalue weighted by Gasteiger charge is 2.22. The lowest BCUT2D eigenvalue weighted by molar-refractivity contribution is 0.463. The van der Waals surface area contributed by atoms with E-state index in [1.165, 1.54) is 10.6 Å². The summed E-state index contributed by atoms with van der Waals surface area (Å²) < 4.78 is 31.5. The Balaban J connectivity index is 2.26. The normalized spacial score (nSPS) is 13.5. The van der Waals surface area contributed by atoms with E-state index in [1.807, 2.05) is 20.0 Å². The number of hydrogen-bond acceptors (Lipinski definition) is 4. The van der Waals surface area contributed by atoms with E-state index in [0.717, 1.165) is 11.1 Å². The molecule has 5 nitrogen and oxygen atoms in total. The summed E-state index contributed by atoms with van der Waals surface area (Å²) in [6.45, 7) is 2.27. The number of nitrogens with zero attached hydrogens (tertiary/aromatic N) is 1. The fraction of sp³-hybridized carbons (Fsp3) is 0.333. The summed E-state index contributed by atoms with van der Waals surface area (Å²) >= 11 is 0. The topological polar surface area (TPSA) is 62.6 Å². The zero-order valence-corrected chi connectivity index (χ0v) is 13.2. The van der Waals surface area contributed by atoms with Gasteiger partial charge < -0.3 is 9.73 Å². The summed E-state index contributed by atoms with van der Waals surface area (Å²) in [4.78, 5) is 0.299. The van der Waals surface area contributed by atoms with Gasteiger partial charge in [0.25, 0.3) is 0 Å². The molecule has 0 fully saturated rings. The highest BCUT2D eigenvalue weighted by molar-refractivity contribution is 7.89. The monoisotopic (exact) mass is 308 g/mol. The SMILES string of the molecule is CNC(C)c1cccc(S(=O)(=O)N(C)Cc2ccoc2)c1. The van der Waals surface area contributed by atoms with E-state index < -0.39 is 10.0 Å². The second-order valence-electron chi connectivity index (χ2n) is 4.98. The van der Waals surface area contributed by atoms with Crippen molar-refractivity contribution in [3.63, 3.8) is 0 Å². The molecule has 1 N–H and O–H groups in total. The van der Waals surface area contributed by atoms with Gasteiger partial charge in [0.15, 0.2) is 0 Å². The molecule has 114 valence electrons. The minimum absolute atomic E-state index is 0.0966. The lowest BCUT2D eigenvalue weighted by Crippen LogP contribution is -2.26. The molecule has 0 saturated heterocycles. The zero-order valence-electron chi connectivity index (χ0n) is 12.4. The van der Waals surface area contributed by atoms with Gasteiger partial charge in [-0.05, 0) is 37.7 Å². The van der Waals surface area contributed by atoms with Crippen molar-refractivity contribution in [3.8, 4) is 0 Å². The molecule has 0 amide bonds. The molecule has 2 aromatic rings. The molecule has 0 bridgehead atoms. The average molecular weight is 308 g/mol. The lowest BCUT2D eigenvalue weighted by Gasteiger charge is -2.18. The van der Waals surface area contributed by atoms with Crippen LogP contribution in [-0.2, 0) is 16.6 Å². The van der Waals surface area contributed by atoms with E-state index in [1.54, 1.807) is 37.6 Å². The van der Waals surface area contributed by atoms with Gasteiger partial charge in [-0.2, -0.15) is 4.31 Å². The van der Waals surface area contributed by atoms with Gasteiger partial charge in [0, 0.05) is 25.2 Å². The molecule has 0 spiro atoms. The second kappa shape index (κ2) is 6.43. The van der Waals surface area contributed by atoms with Gasteiger partial charge in [-0.25, -0.2) is 8.42 Å². The zero-order chi connectivity index (χ0) is 15.5. The minimum Gasteiger partial charge on any atom is -0.472 e. The molecule has 0 radical (unpaired) electrons. The molecule has 1 unspecified atom stereocenters. The number of furan rings is 1. The molecule has 0 saturated carbocycles. The molecule has 0 aliphatic carbocycles. The van der Waals surface area contributed by atoms with E-state index in [4.69, 9.17) is 4.42 Å². The van der Waals surface area contributed by atoms with E-state index in [2.05, 4.69) is 5.32 Å². The molecule has 0 aliphatic heterocycles. The first-order chi connectivity index (χ1) is 9.95. The van der Waals surface area contributed by atoms with Crippen LogP contribution in [0.1, 0.15) is 24.1 Å². The maximum atomic E-state index is 12.6. The number of rotatable bonds is 6. The summed E-state index contributed by atoms with van der Waals surface area (Å²) in [5.74, 6) is 0. The Labute approximate surface area is 125 Å². The summed E-state index contributed by atoms with van der Waals surface area (Å²) in [5.41, 5.74) is 1.76. The Hall–Kier alpha value is -1.63. The van der Waals surface area contributed by atoms with Crippen molar-refractivity contribution in [3.05, 3.63) is 54.0 Å². The van der Waals surface area contributed by atoms with Crippen molar-refractivity contribution < 1.29 is 12.8 Å². The van der Waals surface area contributed by atoms with Gasteiger partial charge >= 0.3 is 0 Å². The second-order valence-corrected chi connectivity index (χ2v) is 7.02. The molecule has 6 heteroatoms. The molecule has 2 rings (SSSR count). The van der Waals surface area contributed by atoms with Crippen LogP contribution in [0.2, 0.25) is 0 Å². The number of sulfonamides is 1. The summed E-state index contributed by atoms with van der Waals surface area (Å²) in [5, 5.41) is 3.10. The standard InChI is InChI=1S/C15H20N2O3S/c1-12(16-2)14-5-4-6-15(9-14)21(18,19)17(3)10-13-7-8-20-11-13/h4-9,11-12,16H,10H2,1-3H3. The van der Waals surface area contributed by atoms with Crippen molar-refractivity contribution in [2.75, 3.05) is 14.1 Å². The quantitative estimate of drug-likeness (QED) is 0.890. The highest BCUT2D eigenvalue weighted by Crippen LogP contribution is 2.21. The van der Waals surface area contributed by atoms with Crippen LogP contribution in [0.25, 0.3) is 0 Å².